The van der Waals surface area contributed by atoms with Crippen molar-refractivity contribution >= 4 is 41.2 Å². The monoisotopic (exact) mass is 981 g/mol. The summed E-state index contributed by atoms with van der Waals surface area (Å²) in [6.07, 6.45) is 3.83. The number of anilines is 1. The SMILES string of the molecule is CC[C@@H]1/C=C(\C)C[C@H](C)CCC2O[C@@](O)(C(=O)C(=O)N3CCCC[C@H]3C(=O)O[C@H](/C(C)=C/[C@@H]3CC[C@@H](OC(=O)Nc4ccc(OC5CCOC5=O)cc4)[C@H](OC)C3)[C@H](C)[C@@H](O)CC1=O)[C@H](C)C[C@@H]2OC. The molecule has 0 radical (unpaired) electrons. The van der Waals surface area contributed by atoms with Gasteiger partial charge in [0.2, 0.25) is 5.79 Å². The number of benzene rings is 1. The van der Waals surface area contributed by atoms with E-state index in [4.69, 9.17) is 33.2 Å². The number of carbonyl (C=O) groups excluding carboxylic acids is 6. The lowest BCUT2D eigenvalue weighted by atomic mass is 9.81. The van der Waals surface area contributed by atoms with Crippen molar-refractivity contribution in [2.45, 2.75) is 180 Å². The summed E-state index contributed by atoms with van der Waals surface area (Å²) >= 11 is 0. The van der Waals surface area contributed by atoms with Crippen LogP contribution in [0.15, 0.2) is 47.6 Å². The maximum Gasteiger partial charge on any atom is 0.411 e. The first-order valence-corrected chi connectivity index (χ1v) is 25.3. The zero-order valence-electron chi connectivity index (χ0n) is 42.2. The number of methoxy groups -OCH3 is 2. The molecule has 5 aliphatic rings. The number of allylic oxidation sites excluding steroid dienone is 3. The first kappa shape index (κ1) is 54.6. The number of fused-ring (bicyclic) bond motifs is 3. The first-order valence-electron chi connectivity index (χ1n) is 25.3. The van der Waals surface area contributed by atoms with E-state index in [0.29, 0.717) is 87.8 Å². The Bertz CT molecular complexity index is 2070. The summed E-state index contributed by atoms with van der Waals surface area (Å²) in [5.74, 6) is -7.47. The summed E-state index contributed by atoms with van der Waals surface area (Å²) in [6.45, 7) is 11.6. The average molecular weight is 981 g/mol. The Morgan fingerprint density at radius 1 is 0.900 bits per heavy atom. The number of amides is 2. The van der Waals surface area contributed by atoms with Crippen LogP contribution in [0.5, 0.6) is 5.75 Å². The number of Topliss-reactive ketones (excluding diaryl/α,β-unsaturated/α-hetero) is 2. The molecule has 1 saturated carbocycles. The zero-order chi connectivity index (χ0) is 50.9. The third-order valence-corrected chi connectivity index (χ3v) is 15.1. The van der Waals surface area contributed by atoms with Crippen LogP contribution >= 0.6 is 0 Å². The largest absolute Gasteiger partial charge is 0.479 e. The molecule has 2 unspecified atom stereocenters. The van der Waals surface area contributed by atoms with Crippen molar-refractivity contribution in [2.24, 2.45) is 29.6 Å². The quantitative estimate of drug-likeness (QED) is 0.100. The molecular weight excluding hydrogens is 905 g/mol. The van der Waals surface area contributed by atoms with Gasteiger partial charge < -0.3 is 48.3 Å². The number of nitrogens with zero attached hydrogens (tertiary/aromatic N) is 1. The van der Waals surface area contributed by atoms with Gasteiger partial charge in [0.15, 0.2) is 6.10 Å². The number of carbonyl (C=O) groups is 6. The Balaban J connectivity index is 1.21. The van der Waals surface area contributed by atoms with Gasteiger partial charge in [0.1, 0.15) is 29.8 Å². The van der Waals surface area contributed by atoms with Crippen molar-refractivity contribution in [3.63, 3.8) is 0 Å². The number of cyclic esters (lactones) is 2. The van der Waals surface area contributed by atoms with Crippen LogP contribution in [0, 0.1) is 29.6 Å². The molecule has 4 heterocycles. The number of piperidine rings is 1. The fourth-order valence-corrected chi connectivity index (χ4v) is 10.9. The van der Waals surface area contributed by atoms with Gasteiger partial charge in [0.05, 0.1) is 31.0 Å². The van der Waals surface area contributed by atoms with Crippen molar-refractivity contribution in [1.29, 1.82) is 0 Å². The lowest BCUT2D eigenvalue weighted by Gasteiger charge is -2.45. The van der Waals surface area contributed by atoms with E-state index in [9.17, 15) is 39.0 Å². The molecule has 3 saturated heterocycles. The molecular formula is C53H76N2O15. The minimum atomic E-state index is -2.44. The molecule has 6 rings (SSSR count). The van der Waals surface area contributed by atoms with Crippen molar-refractivity contribution in [2.75, 3.05) is 32.7 Å². The Labute approximate surface area is 412 Å². The third kappa shape index (κ3) is 13.4. The molecule has 2 bridgehead atoms. The number of hydrogen-bond acceptors (Lipinski definition) is 15. The van der Waals surface area contributed by atoms with Crippen molar-refractivity contribution in [3.05, 3.63) is 47.6 Å². The molecule has 4 aliphatic heterocycles. The first-order chi connectivity index (χ1) is 33.3. The number of ketones is 2. The van der Waals surface area contributed by atoms with Crippen LogP contribution < -0.4 is 10.1 Å². The Kier molecular flexibility index (Phi) is 19.2. The van der Waals surface area contributed by atoms with Crippen LogP contribution in [-0.2, 0) is 52.4 Å². The highest BCUT2D eigenvalue weighted by Gasteiger charge is 2.55. The molecule has 1 aliphatic carbocycles. The molecule has 2 amide bonds. The van der Waals surface area contributed by atoms with Crippen molar-refractivity contribution in [3.8, 4) is 5.75 Å². The number of esters is 2. The molecule has 14 atom stereocenters. The van der Waals surface area contributed by atoms with E-state index in [2.05, 4.69) is 12.2 Å². The van der Waals surface area contributed by atoms with Gasteiger partial charge in [0.25, 0.3) is 11.7 Å². The molecule has 1 aromatic rings. The average Bonchev–Trinajstić information content (AvgIpc) is 3.75. The molecule has 4 fully saturated rings. The maximum atomic E-state index is 14.5. The van der Waals surface area contributed by atoms with Crippen LogP contribution in [-0.4, -0.2) is 133 Å². The van der Waals surface area contributed by atoms with Crippen LogP contribution in [0.25, 0.3) is 0 Å². The lowest BCUT2D eigenvalue weighted by Crippen LogP contribution is -2.62. The maximum absolute atomic E-state index is 14.5. The highest BCUT2D eigenvalue weighted by atomic mass is 16.7. The van der Waals surface area contributed by atoms with Crippen LogP contribution in [0.4, 0.5) is 10.5 Å². The number of aliphatic hydroxyl groups excluding tert-OH is 1. The van der Waals surface area contributed by atoms with Gasteiger partial charge in [-0.25, -0.2) is 14.4 Å². The number of nitrogens with one attached hydrogen (secondary N) is 1. The van der Waals surface area contributed by atoms with Gasteiger partial charge in [0, 0.05) is 57.0 Å². The molecule has 17 nitrogen and oxygen atoms in total. The summed E-state index contributed by atoms with van der Waals surface area (Å²) < 4.78 is 40.7. The third-order valence-electron chi connectivity index (χ3n) is 15.1. The predicted molar refractivity (Wildman–Crippen MR) is 256 cm³/mol. The molecule has 3 N–H and O–H groups in total. The number of aliphatic hydroxyl groups is 2. The smallest absolute Gasteiger partial charge is 0.411 e. The van der Waals surface area contributed by atoms with E-state index >= 15 is 0 Å². The standard InChI is InChI=1S/C53H76N2O15/c1-9-36-25-31(3)24-30(2)13-19-43-45(64-7)27-33(5)53(63,70-43)48(58)49(59)55-22-11-10-12-39(55)50(60)69-47(34(6)40(56)29-41(36)57)32(4)26-35-14-20-42(46(28-35)65-8)68-52(62)54-37-15-17-38(18-16-37)67-44-21-23-66-51(44)61/h15-18,25-26,30,33-36,39-40,42-47,56,63H,9-14,19-24,27-29H2,1-8H3,(H,54,62)/b31-25+,32-26+/t30-,33-,34-,35+,36-,39+,40+,42-,43?,44?,45+,46-,47-,53-/m1/s1. The van der Waals surface area contributed by atoms with E-state index in [1.165, 1.54) is 4.90 Å². The van der Waals surface area contributed by atoms with E-state index in [1.807, 2.05) is 26.0 Å². The Morgan fingerprint density at radius 2 is 1.63 bits per heavy atom. The fraction of sp³-hybridized carbons (Fsp3) is 0.698. The van der Waals surface area contributed by atoms with Crippen molar-refractivity contribution in [1.82, 2.24) is 4.90 Å². The number of hydrogen-bond donors (Lipinski definition) is 3. The van der Waals surface area contributed by atoms with E-state index < -0.39 is 102 Å². The Morgan fingerprint density at radius 3 is 2.30 bits per heavy atom. The van der Waals surface area contributed by atoms with Gasteiger partial charge in [-0.05, 0) is 126 Å². The second-order valence-corrected chi connectivity index (χ2v) is 20.4. The highest BCUT2D eigenvalue weighted by Crippen LogP contribution is 2.39. The van der Waals surface area contributed by atoms with Gasteiger partial charge in [-0.1, -0.05) is 45.4 Å². The summed E-state index contributed by atoms with van der Waals surface area (Å²) in [5.41, 5.74) is 2.09. The summed E-state index contributed by atoms with van der Waals surface area (Å²) in [7, 11) is 3.10. The molecule has 70 heavy (non-hydrogen) atoms. The second kappa shape index (κ2) is 24.6. The van der Waals surface area contributed by atoms with Crippen molar-refractivity contribution < 1.29 is 72.1 Å². The number of rotatable bonds is 9. The molecule has 1 aromatic carbocycles. The molecule has 0 aromatic heterocycles. The molecule has 388 valence electrons. The summed E-state index contributed by atoms with van der Waals surface area (Å²) in [5, 5.41) is 26.5. The number of ether oxygens (including phenoxy) is 7. The molecule has 17 heteroatoms. The fourth-order valence-electron chi connectivity index (χ4n) is 10.9. The van der Waals surface area contributed by atoms with Gasteiger partial charge >= 0.3 is 18.0 Å². The van der Waals surface area contributed by atoms with E-state index in [-0.39, 0.29) is 43.4 Å². The zero-order valence-corrected chi connectivity index (χ0v) is 42.2. The highest BCUT2D eigenvalue weighted by molar-refractivity contribution is 6.39. The normalized spacial score (nSPS) is 36.4. The van der Waals surface area contributed by atoms with E-state index in [0.717, 1.165) is 5.57 Å². The van der Waals surface area contributed by atoms with Gasteiger partial charge in [-0.3, -0.25) is 19.7 Å². The minimum absolute atomic E-state index is 0.0795. The predicted octanol–water partition coefficient (Wildman–Crippen LogP) is 6.80. The minimum Gasteiger partial charge on any atom is -0.479 e. The van der Waals surface area contributed by atoms with Crippen LogP contribution in [0.1, 0.15) is 125 Å². The lowest BCUT2D eigenvalue weighted by molar-refractivity contribution is -0.287. The second-order valence-electron chi connectivity index (χ2n) is 20.4. The summed E-state index contributed by atoms with van der Waals surface area (Å²) in [6, 6.07) is 5.40. The topological polar surface area (TPSA) is 223 Å². The van der Waals surface area contributed by atoms with Gasteiger partial charge in [-0.2, -0.15) is 0 Å². The van der Waals surface area contributed by atoms with Crippen LogP contribution in [0.3, 0.4) is 0 Å². The molecule has 0 spiro atoms. The summed E-state index contributed by atoms with van der Waals surface area (Å²) in [4.78, 5) is 83.0. The van der Waals surface area contributed by atoms with Crippen LogP contribution in [0.2, 0.25) is 0 Å². The van der Waals surface area contributed by atoms with Gasteiger partial charge in [-0.15, -0.1) is 0 Å². The Hall–Kier alpha value is -4.68. The van der Waals surface area contributed by atoms with E-state index in [1.54, 1.807) is 59.3 Å².